The Bertz CT molecular complexity index is 442. The van der Waals surface area contributed by atoms with Gasteiger partial charge in [0.2, 0.25) is 5.91 Å². The molecule has 1 aromatic rings. The van der Waals surface area contributed by atoms with Gasteiger partial charge in [-0.25, -0.2) is 0 Å². The Balaban J connectivity index is 1.88. The fraction of sp³-hybridized carbons (Fsp3) is 0.500. The molecule has 1 fully saturated rings. The standard InChI is InChI=1S/C14H19NO3/c1-14(18)8-9-15(10-14)13(17)7-6-11-4-2-3-5-12(11)16/h2-5,16,18H,6-10H2,1H3. The van der Waals surface area contributed by atoms with E-state index in [1.165, 1.54) is 0 Å². The van der Waals surface area contributed by atoms with Crippen molar-refractivity contribution in [3.8, 4) is 5.75 Å². The van der Waals surface area contributed by atoms with Crippen LogP contribution in [-0.2, 0) is 11.2 Å². The Morgan fingerprint density at radius 2 is 2.17 bits per heavy atom. The number of β-amino-alcohol motifs (C(OH)–C–C–N with tert-alkyl or cyclic N) is 1. The van der Waals surface area contributed by atoms with Crippen LogP contribution in [0, 0.1) is 0 Å². The molecule has 4 heteroatoms. The van der Waals surface area contributed by atoms with E-state index in [-0.39, 0.29) is 11.7 Å². The van der Waals surface area contributed by atoms with Gasteiger partial charge in [-0.05, 0) is 31.4 Å². The number of aromatic hydroxyl groups is 1. The summed E-state index contributed by atoms with van der Waals surface area (Å²) in [6, 6.07) is 7.06. The molecular formula is C14H19NO3. The number of nitrogens with zero attached hydrogens (tertiary/aromatic N) is 1. The smallest absolute Gasteiger partial charge is 0.223 e. The number of aryl methyl sites for hydroxylation is 1. The van der Waals surface area contributed by atoms with E-state index in [2.05, 4.69) is 0 Å². The fourth-order valence-corrected chi connectivity index (χ4v) is 2.28. The monoisotopic (exact) mass is 249 g/mol. The summed E-state index contributed by atoms with van der Waals surface area (Å²) in [6.45, 7) is 2.78. The second-order valence-electron chi connectivity index (χ2n) is 5.19. The van der Waals surface area contributed by atoms with Crippen LogP contribution in [0.1, 0.15) is 25.3 Å². The Labute approximate surface area is 107 Å². The highest BCUT2D eigenvalue weighted by atomic mass is 16.3. The number of hydrogen-bond donors (Lipinski definition) is 2. The molecule has 18 heavy (non-hydrogen) atoms. The molecule has 4 nitrogen and oxygen atoms in total. The van der Waals surface area contributed by atoms with Crippen LogP contribution in [0.4, 0.5) is 0 Å². The van der Waals surface area contributed by atoms with Crippen LogP contribution in [0.25, 0.3) is 0 Å². The summed E-state index contributed by atoms with van der Waals surface area (Å²) in [5.41, 5.74) is 0.0432. The van der Waals surface area contributed by atoms with E-state index in [1.807, 2.05) is 12.1 Å². The van der Waals surface area contributed by atoms with Crippen molar-refractivity contribution in [3.05, 3.63) is 29.8 Å². The molecule has 1 atom stereocenters. The van der Waals surface area contributed by atoms with E-state index >= 15 is 0 Å². The number of hydrogen-bond acceptors (Lipinski definition) is 3. The quantitative estimate of drug-likeness (QED) is 0.849. The Morgan fingerprint density at radius 1 is 1.44 bits per heavy atom. The maximum absolute atomic E-state index is 12.0. The number of carbonyl (C=O) groups excluding carboxylic acids is 1. The minimum Gasteiger partial charge on any atom is -0.508 e. The maximum atomic E-state index is 12.0. The number of phenolic OH excluding ortho intramolecular Hbond substituents is 1. The van der Waals surface area contributed by atoms with Crippen molar-refractivity contribution in [2.75, 3.05) is 13.1 Å². The van der Waals surface area contributed by atoms with Crippen molar-refractivity contribution < 1.29 is 15.0 Å². The van der Waals surface area contributed by atoms with Gasteiger partial charge in [0.15, 0.2) is 0 Å². The van der Waals surface area contributed by atoms with Gasteiger partial charge in [-0.15, -0.1) is 0 Å². The van der Waals surface area contributed by atoms with Crippen molar-refractivity contribution in [1.29, 1.82) is 0 Å². The van der Waals surface area contributed by atoms with Crippen LogP contribution < -0.4 is 0 Å². The number of para-hydroxylation sites is 1. The number of amides is 1. The van der Waals surface area contributed by atoms with Gasteiger partial charge in [0, 0.05) is 19.5 Å². The average Bonchev–Trinajstić information content (AvgIpc) is 2.68. The lowest BCUT2D eigenvalue weighted by atomic mass is 10.1. The van der Waals surface area contributed by atoms with E-state index < -0.39 is 5.60 Å². The maximum Gasteiger partial charge on any atom is 0.223 e. The second-order valence-corrected chi connectivity index (χ2v) is 5.19. The van der Waals surface area contributed by atoms with E-state index in [0.717, 1.165) is 5.56 Å². The van der Waals surface area contributed by atoms with Crippen LogP contribution in [-0.4, -0.2) is 39.7 Å². The molecule has 2 N–H and O–H groups in total. The van der Waals surface area contributed by atoms with Crippen molar-refractivity contribution in [1.82, 2.24) is 4.90 Å². The van der Waals surface area contributed by atoms with Gasteiger partial charge in [-0.3, -0.25) is 4.79 Å². The summed E-state index contributed by atoms with van der Waals surface area (Å²) in [5.74, 6) is 0.273. The van der Waals surface area contributed by atoms with Crippen molar-refractivity contribution >= 4 is 5.91 Å². The SMILES string of the molecule is CC1(O)CCN(C(=O)CCc2ccccc2O)C1. The summed E-state index contributed by atoms with van der Waals surface area (Å²) >= 11 is 0. The number of benzene rings is 1. The molecule has 1 aliphatic rings. The molecular weight excluding hydrogens is 230 g/mol. The Morgan fingerprint density at radius 3 is 2.78 bits per heavy atom. The number of likely N-dealkylation sites (tertiary alicyclic amines) is 1. The molecule has 0 aromatic heterocycles. The molecule has 0 saturated carbocycles. The van der Waals surface area contributed by atoms with Crippen molar-refractivity contribution in [3.63, 3.8) is 0 Å². The third-order valence-electron chi connectivity index (χ3n) is 3.40. The molecule has 1 heterocycles. The van der Waals surface area contributed by atoms with Gasteiger partial charge in [-0.1, -0.05) is 18.2 Å². The highest BCUT2D eigenvalue weighted by Crippen LogP contribution is 2.22. The first-order valence-corrected chi connectivity index (χ1v) is 6.25. The fourth-order valence-electron chi connectivity index (χ4n) is 2.28. The first-order chi connectivity index (χ1) is 8.48. The molecule has 1 saturated heterocycles. The lowest BCUT2D eigenvalue weighted by Gasteiger charge is -2.19. The summed E-state index contributed by atoms with van der Waals surface area (Å²) in [5, 5.41) is 19.4. The molecule has 0 aliphatic carbocycles. The van der Waals surface area contributed by atoms with Gasteiger partial charge in [0.1, 0.15) is 5.75 Å². The lowest BCUT2D eigenvalue weighted by molar-refractivity contribution is -0.131. The molecule has 98 valence electrons. The van der Waals surface area contributed by atoms with Crippen LogP contribution >= 0.6 is 0 Å². The largest absolute Gasteiger partial charge is 0.508 e. The van der Waals surface area contributed by atoms with Crippen LogP contribution in [0.5, 0.6) is 5.75 Å². The first-order valence-electron chi connectivity index (χ1n) is 6.25. The molecule has 1 aromatic carbocycles. The Hall–Kier alpha value is -1.55. The summed E-state index contributed by atoms with van der Waals surface area (Å²) in [7, 11) is 0. The highest BCUT2D eigenvalue weighted by molar-refractivity contribution is 5.77. The number of aliphatic hydroxyl groups is 1. The van der Waals surface area contributed by atoms with Crippen molar-refractivity contribution in [2.24, 2.45) is 0 Å². The van der Waals surface area contributed by atoms with Gasteiger partial charge >= 0.3 is 0 Å². The number of carbonyl (C=O) groups is 1. The van der Waals surface area contributed by atoms with E-state index in [1.54, 1.807) is 24.0 Å². The third kappa shape index (κ3) is 3.01. The van der Waals surface area contributed by atoms with E-state index in [9.17, 15) is 15.0 Å². The van der Waals surface area contributed by atoms with E-state index in [4.69, 9.17) is 0 Å². The zero-order chi connectivity index (χ0) is 13.2. The highest BCUT2D eigenvalue weighted by Gasteiger charge is 2.33. The molecule has 1 amide bonds. The topological polar surface area (TPSA) is 60.8 Å². The van der Waals surface area contributed by atoms with Crippen LogP contribution in [0.3, 0.4) is 0 Å². The molecule has 2 rings (SSSR count). The zero-order valence-corrected chi connectivity index (χ0v) is 10.6. The van der Waals surface area contributed by atoms with Crippen molar-refractivity contribution in [2.45, 2.75) is 31.8 Å². The minimum absolute atomic E-state index is 0.0380. The molecule has 0 bridgehead atoms. The zero-order valence-electron chi connectivity index (χ0n) is 10.6. The number of rotatable bonds is 3. The Kier molecular flexibility index (Phi) is 3.57. The third-order valence-corrected chi connectivity index (χ3v) is 3.40. The summed E-state index contributed by atoms with van der Waals surface area (Å²) in [4.78, 5) is 13.6. The van der Waals surface area contributed by atoms with Gasteiger partial charge in [0.25, 0.3) is 0 Å². The average molecular weight is 249 g/mol. The molecule has 0 spiro atoms. The van der Waals surface area contributed by atoms with Crippen LogP contribution in [0.15, 0.2) is 24.3 Å². The second kappa shape index (κ2) is 4.98. The molecule has 1 aliphatic heterocycles. The normalized spacial score (nSPS) is 23.3. The van der Waals surface area contributed by atoms with Gasteiger partial charge in [0.05, 0.1) is 5.60 Å². The lowest BCUT2D eigenvalue weighted by Crippen LogP contribution is -2.33. The first kappa shape index (κ1) is 12.9. The minimum atomic E-state index is -0.745. The van der Waals surface area contributed by atoms with Crippen LogP contribution in [0.2, 0.25) is 0 Å². The predicted octanol–water partition coefficient (Wildman–Crippen LogP) is 1.31. The van der Waals surface area contributed by atoms with Gasteiger partial charge < -0.3 is 15.1 Å². The van der Waals surface area contributed by atoms with E-state index in [0.29, 0.717) is 32.4 Å². The number of phenols is 1. The van der Waals surface area contributed by atoms with Gasteiger partial charge in [-0.2, -0.15) is 0 Å². The molecule has 0 radical (unpaired) electrons. The molecule has 1 unspecified atom stereocenters. The predicted molar refractivity (Wildman–Crippen MR) is 68.2 cm³/mol. The summed E-state index contributed by atoms with van der Waals surface area (Å²) < 4.78 is 0. The summed E-state index contributed by atoms with van der Waals surface area (Å²) in [6.07, 6.45) is 1.53.